The zero-order valence-corrected chi connectivity index (χ0v) is 21.5. The molecular formula is C27H25F3N4O2S. The van der Waals surface area contributed by atoms with Crippen LogP contribution in [-0.2, 0) is 22.9 Å². The van der Waals surface area contributed by atoms with E-state index in [-0.39, 0.29) is 12.5 Å². The fourth-order valence-electron chi connectivity index (χ4n) is 4.42. The number of alkyl halides is 3. The number of carbonyl (C=O) groups excluding carboxylic acids is 1. The van der Waals surface area contributed by atoms with Gasteiger partial charge in [-0.05, 0) is 81.1 Å². The molecule has 1 aliphatic rings. The molecule has 192 valence electrons. The number of benzene rings is 2. The lowest BCUT2D eigenvalue weighted by molar-refractivity contribution is -0.137. The molecule has 0 saturated heterocycles. The number of carbonyl (C=O) groups is 1. The highest BCUT2D eigenvalue weighted by atomic mass is 32.2. The van der Waals surface area contributed by atoms with E-state index in [0.717, 1.165) is 39.6 Å². The zero-order valence-electron chi connectivity index (χ0n) is 20.7. The first-order valence-corrected chi connectivity index (χ1v) is 12.4. The Hall–Kier alpha value is -3.66. The van der Waals surface area contributed by atoms with Crippen molar-refractivity contribution >= 4 is 29.4 Å². The second-order valence-electron chi connectivity index (χ2n) is 9.56. The molecule has 1 aliphatic heterocycles. The molecule has 0 radical (unpaired) electrons. The molecule has 1 N–H and O–H groups in total. The molecular weight excluding hydrogens is 501 g/mol. The SMILES string of the molecule is Cc1onc(NSc2ccccc2-n2ccc(CN3C(=O)C(C)(C)c4ccc(C(F)(F)F)cc43)c2)c1C. The molecule has 10 heteroatoms. The molecule has 0 unspecified atom stereocenters. The number of para-hydroxylation sites is 1. The summed E-state index contributed by atoms with van der Waals surface area (Å²) in [7, 11) is 0. The van der Waals surface area contributed by atoms with Crippen LogP contribution in [0.2, 0.25) is 0 Å². The van der Waals surface area contributed by atoms with Crippen molar-refractivity contribution < 1.29 is 22.5 Å². The van der Waals surface area contributed by atoms with Gasteiger partial charge in [0.25, 0.3) is 0 Å². The van der Waals surface area contributed by atoms with Crippen molar-refractivity contribution in [1.29, 1.82) is 0 Å². The first-order chi connectivity index (χ1) is 17.5. The van der Waals surface area contributed by atoms with E-state index in [4.69, 9.17) is 4.52 Å². The van der Waals surface area contributed by atoms with Crippen LogP contribution < -0.4 is 9.62 Å². The third-order valence-corrected chi connectivity index (χ3v) is 7.58. The van der Waals surface area contributed by atoms with E-state index in [0.29, 0.717) is 17.1 Å². The van der Waals surface area contributed by atoms with Gasteiger partial charge in [-0.15, -0.1) is 0 Å². The summed E-state index contributed by atoms with van der Waals surface area (Å²) in [6.45, 7) is 7.42. The van der Waals surface area contributed by atoms with Crippen molar-refractivity contribution in [3.63, 3.8) is 0 Å². The summed E-state index contributed by atoms with van der Waals surface area (Å²) in [5.41, 5.74) is 1.85. The van der Waals surface area contributed by atoms with Crippen molar-refractivity contribution in [1.82, 2.24) is 9.72 Å². The van der Waals surface area contributed by atoms with Crippen molar-refractivity contribution in [3.05, 3.63) is 88.9 Å². The summed E-state index contributed by atoms with van der Waals surface area (Å²) < 4.78 is 50.6. The number of aryl methyl sites for hydroxylation is 1. The summed E-state index contributed by atoms with van der Waals surface area (Å²) in [5.74, 6) is 1.17. The average molecular weight is 527 g/mol. The van der Waals surface area contributed by atoms with Crippen LogP contribution in [0, 0.1) is 13.8 Å². The average Bonchev–Trinajstić information content (AvgIpc) is 3.50. The number of hydrogen-bond acceptors (Lipinski definition) is 5. The molecule has 3 heterocycles. The van der Waals surface area contributed by atoms with Crippen LogP contribution in [0.4, 0.5) is 24.7 Å². The van der Waals surface area contributed by atoms with E-state index < -0.39 is 17.2 Å². The monoisotopic (exact) mass is 526 g/mol. The number of aromatic nitrogens is 2. The summed E-state index contributed by atoms with van der Waals surface area (Å²) in [6.07, 6.45) is -0.728. The topological polar surface area (TPSA) is 63.3 Å². The van der Waals surface area contributed by atoms with Gasteiger partial charge in [0.15, 0.2) is 5.82 Å². The van der Waals surface area contributed by atoms with E-state index in [1.807, 2.05) is 61.1 Å². The number of hydrogen-bond donors (Lipinski definition) is 1. The third kappa shape index (κ3) is 4.50. The molecule has 0 fully saturated rings. The highest BCUT2D eigenvalue weighted by molar-refractivity contribution is 8.00. The fourth-order valence-corrected chi connectivity index (χ4v) is 5.24. The van der Waals surface area contributed by atoms with Crippen LogP contribution in [0.1, 0.15) is 41.9 Å². The predicted molar refractivity (Wildman–Crippen MR) is 137 cm³/mol. The molecule has 1 amide bonds. The smallest absolute Gasteiger partial charge is 0.359 e. The lowest BCUT2D eigenvalue weighted by atomic mass is 9.86. The summed E-state index contributed by atoms with van der Waals surface area (Å²) in [6, 6.07) is 13.2. The highest BCUT2D eigenvalue weighted by Gasteiger charge is 2.45. The molecule has 0 spiro atoms. The number of anilines is 2. The maximum Gasteiger partial charge on any atom is 0.416 e. The van der Waals surface area contributed by atoms with E-state index in [1.165, 1.54) is 22.9 Å². The number of nitrogens with zero attached hydrogens (tertiary/aromatic N) is 3. The molecule has 0 aliphatic carbocycles. The largest absolute Gasteiger partial charge is 0.416 e. The molecule has 37 heavy (non-hydrogen) atoms. The quantitative estimate of drug-likeness (QED) is 0.273. The standard InChI is InChI=1S/C27H25F3N4O2S/c1-16-17(2)36-31-24(16)32-37-23-8-6-5-7-21(23)33-12-11-18(14-33)15-34-22-13-19(27(28,29)30)9-10-20(22)26(3,4)25(34)35/h5-14H,15H2,1-4H3,(H,31,32). The van der Waals surface area contributed by atoms with E-state index in [1.54, 1.807) is 13.8 Å². The van der Waals surface area contributed by atoms with Gasteiger partial charge >= 0.3 is 6.18 Å². The van der Waals surface area contributed by atoms with Crippen LogP contribution in [0.25, 0.3) is 5.69 Å². The van der Waals surface area contributed by atoms with Gasteiger partial charge in [-0.2, -0.15) is 13.2 Å². The van der Waals surface area contributed by atoms with Crippen LogP contribution in [-0.4, -0.2) is 15.6 Å². The Labute approximate surface area is 216 Å². The number of nitrogens with one attached hydrogen (secondary N) is 1. The predicted octanol–water partition coefficient (Wildman–Crippen LogP) is 7.04. The molecule has 2 aromatic heterocycles. The van der Waals surface area contributed by atoms with Crippen LogP contribution in [0.5, 0.6) is 0 Å². The van der Waals surface area contributed by atoms with Crippen LogP contribution in [0.15, 0.2) is 70.3 Å². The van der Waals surface area contributed by atoms with Crippen molar-refractivity contribution in [2.45, 2.75) is 50.7 Å². The van der Waals surface area contributed by atoms with Gasteiger partial charge in [0.2, 0.25) is 5.91 Å². The fraction of sp³-hybridized carbons (Fsp3) is 0.259. The van der Waals surface area contributed by atoms with Crippen LogP contribution in [0.3, 0.4) is 0 Å². The first-order valence-electron chi connectivity index (χ1n) is 11.6. The van der Waals surface area contributed by atoms with E-state index in [2.05, 4.69) is 9.88 Å². The van der Waals surface area contributed by atoms with Gasteiger partial charge in [-0.3, -0.25) is 4.79 Å². The Balaban J connectivity index is 1.41. The van der Waals surface area contributed by atoms with Gasteiger partial charge in [0.1, 0.15) is 5.76 Å². The number of rotatable bonds is 6. The Morgan fingerprint density at radius 1 is 1.08 bits per heavy atom. The molecule has 4 aromatic rings. The van der Waals surface area contributed by atoms with Crippen molar-refractivity contribution in [3.8, 4) is 5.69 Å². The molecule has 0 atom stereocenters. The minimum absolute atomic E-state index is 0.161. The van der Waals surface area contributed by atoms with Gasteiger partial charge in [-0.25, -0.2) is 0 Å². The van der Waals surface area contributed by atoms with Gasteiger partial charge in [-0.1, -0.05) is 23.4 Å². The lowest BCUT2D eigenvalue weighted by Gasteiger charge is -2.20. The Morgan fingerprint density at radius 3 is 2.54 bits per heavy atom. The minimum Gasteiger partial charge on any atom is -0.359 e. The second-order valence-corrected chi connectivity index (χ2v) is 10.4. The molecule has 6 nitrogen and oxygen atoms in total. The molecule has 2 aromatic carbocycles. The summed E-state index contributed by atoms with van der Waals surface area (Å²) >= 11 is 1.39. The normalized spacial score (nSPS) is 14.8. The van der Waals surface area contributed by atoms with Gasteiger partial charge in [0.05, 0.1) is 28.1 Å². The number of amides is 1. The maximum absolute atomic E-state index is 13.4. The van der Waals surface area contributed by atoms with Crippen molar-refractivity contribution in [2.75, 3.05) is 9.62 Å². The lowest BCUT2D eigenvalue weighted by Crippen LogP contribution is -2.35. The minimum atomic E-state index is -4.49. The van der Waals surface area contributed by atoms with Crippen LogP contribution >= 0.6 is 11.9 Å². The van der Waals surface area contributed by atoms with Gasteiger partial charge < -0.3 is 18.7 Å². The number of halogens is 3. The maximum atomic E-state index is 13.4. The van der Waals surface area contributed by atoms with Gasteiger partial charge in [0, 0.05) is 23.6 Å². The summed E-state index contributed by atoms with van der Waals surface area (Å²) in [4.78, 5) is 15.6. The molecule has 0 saturated carbocycles. The highest BCUT2D eigenvalue weighted by Crippen LogP contribution is 2.45. The third-order valence-electron chi connectivity index (χ3n) is 6.72. The number of fused-ring (bicyclic) bond motifs is 1. The summed E-state index contributed by atoms with van der Waals surface area (Å²) in [5, 5.41) is 4.03. The van der Waals surface area contributed by atoms with Crippen molar-refractivity contribution in [2.24, 2.45) is 0 Å². The first kappa shape index (κ1) is 25.0. The van der Waals surface area contributed by atoms with E-state index >= 15 is 0 Å². The second kappa shape index (κ2) is 9.02. The van der Waals surface area contributed by atoms with E-state index in [9.17, 15) is 18.0 Å². The zero-order chi connectivity index (χ0) is 26.5. The Morgan fingerprint density at radius 2 is 1.84 bits per heavy atom. The molecule has 0 bridgehead atoms. The Kier molecular flexibility index (Phi) is 6.10. The molecule has 5 rings (SSSR count). The Bertz CT molecular complexity index is 1490.